The fourth-order valence-corrected chi connectivity index (χ4v) is 2.33. The third-order valence-corrected chi connectivity index (χ3v) is 3.37. The van der Waals surface area contributed by atoms with E-state index in [1.165, 1.54) is 0 Å². The molecule has 1 aliphatic rings. The first-order valence-corrected chi connectivity index (χ1v) is 6.72. The van der Waals surface area contributed by atoms with Gasteiger partial charge in [-0.3, -0.25) is 4.79 Å². The number of hydrogen-bond acceptors (Lipinski definition) is 4. The van der Waals surface area contributed by atoms with Crippen LogP contribution in [0.2, 0.25) is 0 Å². The second kappa shape index (κ2) is 8.45. The molecule has 2 atom stereocenters. The van der Waals surface area contributed by atoms with Crippen LogP contribution in [0.3, 0.4) is 0 Å². The number of ether oxygens (including phenoxy) is 2. The summed E-state index contributed by atoms with van der Waals surface area (Å²) in [6.45, 7) is 4.69. The van der Waals surface area contributed by atoms with Crippen molar-refractivity contribution in [3.05, 3.63) is 0 Å². The zero-order valence-electron chi connectivity index (χ0n) is 11.8. The van der Waals surface area contributed by atoms with Crippen molar-refractivity contribution in [3.63, 3.8) is 0 Å². The van der Waals surface area contributed by atoms with Gasteiger partial charge in [0, 0.05) is 20.8 Å². The summed E-state index contributed by atoms with van der Waals surface area (Å²) < 4.78 is 10.2. The molecule has 0 aromatic rings. The van der Waals surface area contributed by atoms with Crippen LogP contribution in [0.25, 0.3) is 0 Å². The summed E-state index contributed by atoms with van der Waals surface area (Å²) in [5.74, 6) is 0.177. The Kier molecular flexibility index (Phi) is 7.23. The average molecular weight is 258 g/mol. The minimum atomic E-state index is -0.0325. The van der Waals surface area contributed by atoms with Crippen LogP contribution in [0.15, 0.2) is 0 Å². The van der Waals surface area contributed by atoms with Gasteiger partial charge in [-0.2, -0.15) is 0 Å². The van der Waals surface area contributed by atoms with Gasteiger partial charge in [0.05, 0.1) is 25.3 Å². The predicted octanol–water partition coefficient (Wildman–Crippen LogP) is 0.638. The van der Waals surface area contributed by atoms with Crippen LogP contribution in [0.5, 0.6) is 0 Å². The van der Waals surface area contributed by atoms with Gasteiger partial charge in [0.1, 0.15) is 0 Å². The maximum Gasteiger partial charge on any atom is 0.240 e. The zero-order valence-corrected chi connectivity index (χ0v) is 11.8. The first-order chi connectivity index (χ1) is 8.70. The maximum absolute atomic E-state index is 12.5. The first-order valence-electron chi connectivity index (χ1n) is 6.72. The maximum atomic E-state index is 12.5. The minimum Gasteiger partial charge on any atom is -0.383 e. The summed E-state index contributed by atoms with van der Waals surface area (Å²) in [5, 5.41) is 3.30. The second-order valence-electron chi connectivity index (χ2n) is 4.83. The summed E-state index contributed by atoms with van der Waals surface area (Å²) >= 11 is 0. The summed E-state index contributed by atoms with van der Waals surface area (Å²) in [4.78, 5) is 14.3. The molecule has 0 spiro atoms. The molecule has 18 heavy (non-hydrogen) atoms. The van der Waals surface area contributed by atoms with Gasteiger partial charge in [0.25, 0.3) is 0 Å². The van der Waals surface area contributed by atoms with Gasteiger partial charge in [-0.15, -0.1) is 0 Å². The van der Waals surface area contributed by atoms with E-state index >= 15 is 0 Å². The molecule has 1 fully saturated rings. The van der Waals surface area contributed by atoms with Crippen molar-refractivity contribution in [1.29, 1.82) is 0 Å². The van der Waals surface area contributed by atoms with Gasteiger partial charge in [0.15, 0.2) is 0 Å². The zero-order chi connectivity index (χ0) is 13.4. The average Bonchev–Trinajstić information content (AvgIpc) is 2.40. The molecular formula is C13H26N2O3. The van der Waals surface area contributed by atoms with Gasteiger partial charge >= 0.3 is 0 Å². The lowest BCUT2D eigenvalue weighted by atomic mass is 10.0. The van der Waals surface area contributed by atoms with E-state index in [-0.39, 0.29) is 18.0 Å². The molecule has 0 bridgehead atoms. The molecule has 5 heteroatoms. The third-order valence-electron chi connectivity index (χ3n) is 3.37. The molecular weight excluding hydrogens is 232 g/mol. The van der Waals surface area contributed by atoms with Crippen molar-refractivity contribution in [2.45, 2.75) is 38.3 Å². The molecule has 106 valence electrons. The highest BCUT2D eigenvalue weighted by Gasteiger charge is 2.28. The molecule has 1 unspecified atom stereocenters. The van der Waals surface area contributed by atoms with Crippen LogP contribution in [-0.2, 0) is 14.3 Å². The van der Waals surface area contributed by atoms with E-state index in [0.29, 0.717) is 19.8 Å². The number of nitrogens with zero attached hydrogens (tertiary/aromatic N) is 1. The van der Waals surface area contributed by atoms with E-state index in [4.69, 9.17) is 9.47 Å². The van der Waals surface area contributed by atoms with Crippen LogP contribution in [0.4, 0.5) is 0 Å². The van der Waals surface area contributed by atoms with Crippen LogP contribution < -0.4 is 5.32 Å². The number of carbonyl (C=O) groups is 1. The summed E-state index contributed by atoms with van der Waals surface area (Å²) in [6, 6.07) is 0.0521. The van der Waals surface area contributed by atoms with Crippen molar-refractivity contribution in [3.8, 4) is 0 Å². The Morgan fingerprint density at radius 2 is 2.17 bits per heavy atom. The molecule has 1 saturated heterocycles. The predicted molar refractivity (Wildman–Crippen MR) is 70.6 cm³/mol. The van der Waals surface area contributed by atoms with Crippen molar-refractivity contribution < 1.29 is 14.3 Å². The van der Waals surface area contributed by atoms with E-state index in [9.17, 15) is 4.79 Å². The standard InChI is InChI=1S/C13H26N2O3/c1-11(10-18-3)15(8-9-17-2)13(16)12-6-4-5-7-14-12/h11-12,14H,4-10H2,1-3H3/t11?,12-/m1/s1. The number of amides is 1. The monoisotopic (exact) mass is 258 g/mol. The van der Waals surface area contributed by atoms with E-state index in [1.54, 1.807) is 14.2 Å². The highest BCUT2D eigenvalue weighted by atomic mass is 16.5. The Balaban J connectivity index is 2.58. The largest absolute Gasteiger partial charge is 0.383 e. The van der Waals surface area contributed by atoms with E-state index in [1.807, 2.05) is 11.8 Å². The molecule has 1 rings (SSSR count). The summed E-state index contributed by atoms with van der Waals surface area (Å²) in [7, 11) is 3.32. The van der Waals surface area contributed by atoms with Gasteiger partial charge in [-0.05, 0) is 26.3 Å². The lowest BCUT2D eigenvalue weighted by Gasteiger charge is -2.33. The van der Waals surface area contributed by atoms with E-state index < -0.39 is 0 Å². The molecule has 0 aromatic heterocycles. The fraction of sp³-hybridized carbons (Fsp3) is 0.923. The Bertz CT molecular complexity index is 242. The molecule has 1 aliphatic heterocycles. The van der Waals surface area contributed by atoms with Crippen molar-refractivity contribution in [1.82, 2.24) is 10.2 Å². The normalized spacial score (nSPS) is 21.6. The molecule has 5 nitrogen and oxygen atoms in total. The number of hydrogen-bond donors (Lipinski definition) is 1. The topological polar surface area (TPSA) is 50.8 Å². The van der Waals surface area contributed by atoms with Gasteiger partial charge in [-0.25, -0.2) is 0 Å². The summed E-state index contributed by atoms with van der Waals surface area (Å²) in [6.07, 6.45) is 3.22. The molecule has 0 radical (unpaired) electrons. The number of piperidine rings is 1. The Morgan fingerprint density at radius 1 is 1.39 bits per heavy atom. The van der Waals surface area contributed by atoms with Crippen molar-refractivity contribution in [2.75, 3.05) is 40.5 Å². The SMILES string of the molecule is COCCN(C(=O)[C@H]1CCCCN1)C(C)COC. The molecule has 1 N–H and O–H groups in total. The van der Waals surface area contributed by atoms with Crippen LogP contribution in [0.1, 0.15) is 26.2 Å². The third kappa shape index (κ3) is 4.55. The van der Waals surface area contributed by atoms with E-state index in [2.05, 4.69) is 5.32 Å². The van der Waals surface area contributed by atoms with Gasteiger partial charge in [0.2, 0.25) is 5.91 Å². The number of methoxy groups -OCH3 is 2. The lowest BCUT2D eigenvalue weighted by Crippen LogP contribution is -2.53. The molecule has 0 aromatic carbocycles. The van der Waals surface area contributed by atoms with E-state index in [0.717, 1.165) is 25.8 Å². The lowest BCUT2D eigenvalue weighted by molar-refractivity contribution is -0.137. The molecule has 1 amide bonds. The van der Waals surface area contributed by atoms with Crippen LogP contribution in [-0.4, -0.2) is 63.4 Å². The quantitative estimate of drug-likeness (QED) is 0.728. The number of nitrogens with one attached hydrogen (secondary N) is 1. The van der Waals surface area contributed by atoms with Gasteiger partial charge in [-0.1, -0.05) is 6.42 Å². The van der Waals surface area contributed by atoms with Crippen molar-refractivity contribution >= 4 is 5.91 Å². The van der Waals surface area contributed by atoms with Crippen molar-refractivity contribution in [2.24, 2.45) is 0 Å². The Morgan fingerprint density at radius 3 is 2.72 bits per heavy atom. The highest BCUT2D eigenvalue weighted by molar-refractivity contribution is 5.82. The first kappa shape index (κ1) is 15.4. The Hall–Kier alpha value is -0.650. The van der Waals surface area contributed by atoms with Crippen LogP contribution in [0, 0.1) is 0 Å². The highest BCUT2D eigenvalue weighted by Crippen LogP contribution is 2.12. The number of carbonyl (C=O) groups excluding carboxylic acids is 1. The molecule has 0 saturated carbocycles. The second-order valence-corrected chi connectivity index (χ2v) is 4.83. The Labute approximate surface area is 110 Å². The smallest absolute Gasteiger partial charge is 0.240 e. The molecule has 1 heterocycles. The molecule has 0 aliphatic carbocycles. The summed E-state index contributed by atoms with van der Waals surface area (Å²) in [5.41, 5.74) is 0. The minimum absolute atomic E-state index is 0.0325. The van der Waals surface area contributed by atoms with Gasteiger partial charge < -0.3 is 19.7 Å². The fourth-order valence-electron chi connectivity index (χ4n) is 2.33. The van der Waals surface area contributed by atoms with Crippen LogP contribution >= 0.6 is 0 Å². The number of rotatable bonds is 7.